The molecule has 58 valence electrons. The molecule has 1 rings (SSSR count). The summed E-state index contributed by atoms with van der Waals surface area (Å²) in [6.45, 7) is 1.28. The highest BCUT2D eigenvalue weighted by atomic mass is 16.7. The molecular formula is C7H7NO3. The number of oxime groups is 1. The van der Waals surface area contributed by atoms with Crippen LogP contribution in [0.3, 0.4) is 0 Å². The van der Waals surface area contributed by atoms with Crippen molar-refractivity contribution in [1.82, 2.24) is 0 Å². The SMILES string of the molecule is CC(=O)ON=Cc1ccco1. The van der Waals surface area contributed by atoms with Crippen molar-refractivity contribution in [2.45, 2.75) is 6.92 Å². The quantitative estimate of drug-likeness (QED) is 0.364. The second kappa shape index (κ2) is 3.55. The van der Waals surface area contributed by atoms with E-state index in [4.69, 9.17) is 4.42 Å². The lowest BCUT2D eigenvalue weighted by Gasteiger charge is -1.85. The average molecular weight is 153 g/mol. The maximum atomic E-state index is 10.2. The minimum absolute atomic E-state index is 0.451. The third-order valence-corrected chi connectivity index (χ3v) is 0.904. The Morgan fingerprint density at radius 2 is 2.64 bits per heavy atom. The summed E-state index contributed by atoms with van der Waals surface area (Å²) in [6.07, 6.45) is 2.83. The summed E-state index contributed by atoms with van der Waals surface area (Å²) in [7, 11) is 0. The lowest BCUT2D eigenvalue weighted by Crippen LogP contribution is -1.90. The van der Waals surface area contributed by atoms with E-state index in [2.05, 4.69) is 9.99 Å². The second-order valence-electron chi connectivity index (χ2n) is 1.83. The van der Waals surface area contributed by atoms with Gasteiger partial charge >= 0.3 is 5.97 Å². The van der Waals surface area contributed by atoms with E-state index in [1.54, 1.807) is 12.1 Å². The molecule has 0 spiro atoms. The minimum atomic E-state index is -0.451. The van der Waals surface area contributed by atoms with Gasteiger partial charge in [-0.25, -0.2) is 4.79 Å². The summed E-state index contributed by atoms with van der Waals surface area (Å²) in [5.41, 5.74) is 0. The molecule has 0 aliphatic rings. The van der Waals surface area contributed by atoms with Crippen LogP contribution in [0.5, 0.6) is 0 Å². The normalized spacial score (nSPS) is 10.3. The zero-order chi connectivity index (χ0) is 8.10. The smallest absolute Gasteiger partial charge is 0.331 e. The number of hydrogen-bond donors (Lipinski definition) is 0. The van der Waals surface area contributed by atoms with E-state index >= 15 is 0 Å². The standard InChI is InChI=1S/C7H7NO3/c1-6(9)11-8-5-7-3-2-4-10-7/h2-5H,1H3. The van der Waals surface area contributed by atoms with Gasteiger partial charge in [0.25, 0.3) is 0 Å². The van der Waals surface area contributed by atoms with Gasteiger partial charge in [0, 0.05) is 6.92 Å². The van der Waals surface area contributed by atoms with Gasteiger partial charge in [-0.2, -0.15) is 0 Å². The molecule has 11 heavy (non-hydrogen) atoms. The van der Waals surface area contributed by atoms with Gasteiger partial charge in [0.2, 0.25) is 0 Å². The molecule has 1 aromatic rings. The zero-order valence-electron chi connectivity index (χ0n) is 5.98. The van der Waals surface area contributed by atoms with Gasteiger partial charge in [0.05, 0.1) is 6.26 Å². The molecule has 4 heteroatoms. The van der Waals surface area contributed by atoms with Crippen molar-refractivity contribution >= 4 is 12.2 Å². The van der Waals surface area contributed by atoms with Crippen LogP contribution in [0, 0.1) is 0 Å². The third kappa shape index (κ3) is 2.66. The topological polar surface area (TPSA) is 51.8 Å². The van der Waals surface area contributed by atoms with E-state index in [0.717, 1.165) is 0 Å². The van der Waals surface area contributed by atoms with Gasteiger partial charge in [-0.05, 0) is 12.1 Å². The maximum Gasteiger partial charge on any atom is 0.331 e. The molecule has 0 bridgehead atoms. The third-order valence-electron chi connectivity index (χ3n) is 0.904. The van der Waals surface area contributed by atoms with Crippen LogP contribution >= 0.6 is 0 Å². The predicted molar refractivity (Wildman–Crippen MR) is 38.1 cm³/mol. The van der Waals surface area contributed by atoms with E-state index in [1.165, 1.54) is 19.4 Å². The molecule has 4 nitrogen and oxygen atoms in total. The van der Waals surface area contributed by atoms with Gasteiger partial charge in [-0.1, -0.05) is 5.16 Å². The van der Waals surface area contributed by atoms with E-state index < -0.39 is 5.97 Å². The summed E-state index contributed by atoms with van der Waals surface area (Å²) >= 11 is 0. The molecule has 1 heterocycles. The van der Waals surface area contributed by atoms with Crippen molar-refractivity contribution in [3.05, 3.63) is 24.2 Å². The van der Waals surface area contributed by atoms with E-state index in [9.17, 15) is 4.79 Å². The Labute approximate surface area is 63.4 Å². The summed E-state index contributed by atoms with van der Waals surface area (Å²) in [6, 6.07) is 3.42. The largest absolute Gasteiger partial charge is 0.463 e. The molecule has 0 saturated carbocycles. The molecule has 1 aromatic heterocycles. The van der Waals surface area contributed by atoms with Gasteiger partial charge in [-0.3, -0.25) is 0 Å². The molecular weight excluding hydrogens is 146 g/mol. The first-order valence-corrected chi connectivity index (χ1v) is 3.03. The van der Waals surface area contributed by atoms with Crippen LogP contribution in [0.2, 0.25) is 0 Å². The van der Waals surface area contributed by atoms with Crippen LogP contribution in [-0.2, 0) is 9.63 Å². The van der Waals surface area contributed by atoms with Crippen LogP contribution in [0.25, 0.3) is 0 Å². The molecule has 0 atom stereocenters. The van der Waals surface area contributed by atoms with Gasteiger partial charge in [0.1, 0.15) is 12.0 Å². The van der Waals surface area contributed by atoms with E-state index in [1.807, 2.05) is 0 Å². The molecule has 0 unspecified atom stereocenters. The minimum Gasteiger partial charge on any atom is -0.463 e. The molecule has 0 radical (unpaired) electrons. The van der Waals surface area contributed by atoms with Crippen LogP contribution in [0.4, 0.5) is 0 Å². The Hall–Kier alpha value is -1.58. The molecule has 0 aliphatic heterocycles. The fourth-order valence-electron chi connectivity index (χ4n) is 0.517. The van der Waals surface area contributed by atoms with Crippen LogP contribution < -0.4 is 0 Å². The first kappa shape index (κ1) is 7.53. The fraction of sp³-hybridized carbons (Fsp3) is 0.143. The lowest BCUT2D eigenvalue weighted by atomic mass is 10.5. The van der Waals surface area contributed by atoms with Crippen molar-refractivity contribution in [3.63, 3.8) is 0 Å². The lowest BCUT2D eigenvalue weighted by molar-refractivity contribution is -0.140. The Kier molecular flexibility index (Phi) is 2.43. The molecule has 0 aliphatic carbocycles. The Bertz CT molecular complexity index is 251. The van der Waals surface area contributed by atoms with Crippen molar-refractivity contribution in [3.8, 4) is 0 Å². The number of rotatable bonds is 2. The summed E-state index contributed by atoms with van der Waals surface area (Å²) < 4.78 is 4.87. The van der Waals surface area contributed by atoms with Crippen LogP contribution in [0.15, 0.2) is 28.0 Å². The molecule has 0 aromatic carbocycles. The summed E-state index contributed by atoms with van der Waals surface area (Å²) in [5, 5.41) is 3.35. The number of carbonyl (C=O) groups is 1. The highest BCUT2D eigenvalue weighted by molar-refractivity contribution is 5.76. The average Bonchev–Trinajstić information content (AvgIpc) is 2.39. The van der Waals surface area contributed by atoms with Gasteiger partial charge in [-0.15, -0.1) is 0 Å². The van der Waals surface area contributed by atoms with Gasteiger partial charge in [0.15, 0.2) is 0 Å². The molecule has 0 fully saturated rings. The zero-order valence-corrected chi connectivity index (χ0v) is 5.98. The van der Waals surface area contributed by atoms with Crippen molar-refractivity contribution < 1.29 is 14.0 Å². The monoisotopic (exact) mass is 153 g/mol. The summed E-state index contributed by atoms with van der Waals surface area (Å²) in [5.74, 6) is 0.0963. The molecule has 0 amide bonds. The van der Waals surface area contributed by atoms with Crippen LogP contribution in [0.1, 0.15) is 12.7 Å². The number of nitrogens with zero attached hydrogens (tertiary/aromatic N) is 1. The van der Waals surface area contributed by atoms with E-state index in [-0.39, 0.29) is 0 Å². The Morgan fingerprint density at radius 3 is 3.18 bits per heavy atom. The summed E-state index contributed by atoms with van der Waals surface area (Å²) in [4.78, 5) is 14.5. The first-order chi connectivity index (χ1) is 5.29. The Balaban J connectivity index is 2.43. The second-order valence-corrected chi connectivity index (χ2v) is 1.83. The van der Waals surface area contributed by atoms with Crippen molar-refractivity contribution in [1.29, 1.82) is 0 Å². The first-order valence-electron chi connectivity index (χ1n) is 3.03. The highest BCUT2D eigenvalue weighted by Gasteiger charge is 1.89. The van der Waals surface area contributed by atoms with Crippen molar-refractivity contribution in [2.75, 3.05) is 0 Å². The maximum absolute atomic E-state index is 10.2. The molecule has 0 saturated heterocycles. The van der Waals surface area contributed by atoms with Gasteiger partial charge < -0.3 is 9.25 Å². The van der Waals surface area contributed by atoms with E-state index in [0.29, 0.717) is 5.76 Å². The number of hydrogen-bond acceptors (Lipinski definition) is 4. The Morgan fingerprint density at radius 1 is 1.82 bits per heavy atom. The predicted octanol–water partition coefficient (Wildman–Crippen LogP) is 1.18. The molecule has 0 N–H and O–H groups in total. The van der Waals surface area contributed by atoms with Crippen LogP contribution in [-0.4, -0.2) is 12.2 Å². The fourth-order valence-corrected chi connectivity index (χ4v) is 0.517. The highest BCUT2D eigenvalue weighted by Crippen LogP contribution is 1.95. The number of carbonyl (C=O) groups excluding carboxylic acids is 1. The van der Waals surface area contributed by atoms with Crippen molar-refractivity contribution in [2.24, 2.45) is 5.16 Å². The number of furan rings is 1.